The van der Waals surface area contributed by atoms with E-state index in [1.165, 1.54) is 0 Å². The standard InChI is InChI=1S/C23H23BrN4O3/c1-15-3-8-20(31-2)19(11-15)27-14-17(12-22(27)29)23(30)26-21-9-10-25-28(21)13-16-4-6-18(24)7-5-16/h3-11,17H,12-14H2,1-2H3,(H,26,30). The molecule has 1 saturated heterocycles. The summed E-state index contributed by atoms with van der Waals surface area (Å²) in [6, 6.07) is 15.4. The number of benzene rings is 2. The molecule has 3 aromatic rings. The first-order chi connectivity index (χ1) is 14.9. The average Bonchev–Trinajstić information content (AvgIpc) is 3.36. The molecule has 7 nitrogen and oxygen atoms in total. The first kappa shape index (κ1) is 21.1. The van der Waals surface area contributed by atoms with Gasteiger partial charge < -0.3 is 15.0 Å². The molecule has 4 rings (SSSR count). The fourth-order valence-corrected chi connectivity index (χ4v) is 3.95. The number of methoxy groups -OCH3 is 1. The number of rotatable bonds is 6. The lowest BCUT2D eigenvalue weighted by molar-refractivity contribution is -0.122. The van der Waals surface area contributed by atoms with Crippen molar-refractivity contribution in [3.63, 3.8) is 0 Å². The maximum absolute atomic E-state index is 12.9. The second-order valence-corrected chi connectivity index (χ2v) is 8.49. The highest BCUT2D eigenvalue weighted by Crippen LogP contribution is 2.34. The molecule has 8 heteroatoms. The summed E-state index contributed by atoms with van der Waals surface area (Å²) in [5.74, 6) is 0.487. The highest BCUT2D eigenvalue weighted by molar-refractivity contribution is 9.10. The molecule has 0 aliphatic carbocycles. The average molecular weight is 483 g/mol. The Bertz CT molecular complexity index is 1110. The zero-order chi connectivity index (χ0) is 22.0. The van der Waals surface area contributed by atoms with E-state index in [4.69, 9.17) is 4.74 Å². The second kappa shape index (κ2) is 8.93. The summed E-state index contributed by atoms with van der Waals surface area (Å²) in [5.41, 5.74) is 2.78. The summed E-state index contributed by atoms with van der Waals surface area (Å²) in [4.78, 5) is 27.2. The van der Waals surface area contributed by atoms with Crippen LogP contribution < -0.4 is 15.0 Å². The molecule has 2 heterocycles. The topological polar surface area (TPSA) is 76.5 Å². The molecule has 0 saturated carbocycles. The van der Waals surface area contributed by atoms with Crippen molar-refractivity contribution in [3.8, 4) is 5.75 Å². The van der Waals surface area contributed by atoms with Gasteiger partial charge >= 0.3 is 0 Å². The van der Waals surface area contributed by atoms with Crippen LogP contribution in [-0.2, 0) is 16.1 Å². The van der Waals surface area contributed by atoms with Crippen LogP contribution in [0.5, 0.6) is 5.75 Å². The molecule has 1 aliphatic heterocycles. The summed E-state index contributed by atoms with van der Waals surface area (Å²) in [6.07, 6.45) is 1.81. The first-order valence-corrected chi connectivity index (χ1v) is 10.8. The van der Waals surface area contributed by atoms with Gasteiger partial charge in [-0.1, -0.05) is 34.1 Å². The minimum absolute atomic E-state index is 0.0904. The Morgan fingerprint density at radius 1 is 1.23 bits per heavy atom. The summed E-state index contributed by atoms with van der Waals surface area (Å²) >= 11 is 3.43. The zero-order valence-corrected chi connectivity index (χ0v) is 18.9. The van der Waals surface area contributed by atoms with Crippen molar-refractivity contribution in [3.05, 3.63) is 70.3 Å². The number of nitrogens with zero attached hydrogens (tertiary/aromatic N) is 3. The number of hydrogen-bond donors (Lipinski definition) is 1. The minimum Gasteiger partial charge on any atom is -0.495 e. The number of anilines is 2. The van der Waals surface area contributed by atoms with Crippen LogP contribution >= 0.6 is 15.9 Å². The Kier molecular flexibility index (Phi) is 6.08. The van der Waals surface area contributed by atoms with E-state index in [-0.39, 0.29) is 18.2 Å². The first-order valence-electron chi connectivity index (χ1n) is 9.96. The second-order valence-electron chi connectivity index (χ2n) is 7.57. The number of aryl methyl sites for hydroxylation is 1. The van der Waals surface area contributed by atoms with E-state index >= 15 is 0 Å². The number of halogens is 1. The molecule has 1 atom stereocenters. The molecule has 160 valence electrons. The molecule has 2 aromatic carbocycles. The van der Waals surface area contributed by atoms with Crippen molar-refractivity contribution in [1.29, 1.82) is 0 Å². The van der Waals surface area contributed by atoms with E-state index in [2.05, 4.69) is 26.3 Å². The number of carbonyl (C=O) groups is 2. The molecule has 0 bridgehead atoms. The van der Waals surface area contributed by atoms with E-state index in [0.29, 0.717) is 30.3 Å². The Hall–Kier alpha value is -3.13. The summed E-state index contributed by atoms with van der Waals surface area (Å²) in [5, 5.41) is 7.26. The third kappa shape index (κ3) is 4.64. The van der Waals surface area contributed by atoms with Gasteiger partial charge in [-0.15, -0.1) is 0 Å². The number of aromatic nitrogens is 2. The Labute approximate surface area is 189 Å². The third-order valence-corrected chi connectivity index (χ3v) is 5.86. The molecule has 1 aliphatic rings. The van der Waals surface area contributed by atoms with Gasteiger partial charge in [-0.25, -0.2) is 4.68 Å². The summed E-state index contributed by atoms with van der Waals surface area (Å²) < 4.78 is 8.15. The fraction of sp³-hybridized carbons (Fsp3) is 0.261. The van der Waals surface area contributed by atoms with Crippen LogP contribution in [-0.4, -0.2) is 35.2 Å². The lowest BCUT2D eigenvalue weighted by Gasteiger charge is -2.20. The maximum Gasteiger partial charge on any atom is 0.230 e. The molecule has 31 heavy (non-hydrogen) atoms. The zero-order valence-electron chi connectivity index (χ0n) is 17.3. The van der Waals surface area contributed by atoms with Gasteiger partial charge in [-0.3, -0.25) is 9.59 Å². The van der Waals surface area contributed by atoms with Crippen LogP contribution in [0.1, 0.15) is 17.5 Å². The molecule has 0 radical (unpaired) electrons. The fourth-order valence-electron chi connectivity index (χ4n) is 3.68. The quantitative estimate of drug-likeness (QED) is 0.575. The normalized spacial score (nSPS) is 15.9. The highest BCUT2D eigenvalue weighted by Gasteiger charge is 2.36. The largest absolute Gasteiger partial charge is 0.495 e. The summed E-state index contributed by atoms with van der Waals surface area (Å²) in [6.45, 7) is 2.80. The van der Waals surface area contributed by atoms with Gasteiger partial charge in [0.15, 0.2) is 0 Å². The van der Waals surface area contributed by atoms with E-state index in [9.17, 15) is 9.59 Å². The summed E-state index contributed by atoms with van der Waals surface area (Å²) in [7, 11) is 1.57. The van der Waals surface area contributed by atoms with Crippen LogP contribution in [0.15, 0.2) is 59.2 Å². The van der Waals surface area contributed by atoms with Gasteiger partial charge in [-0.2, -0.15) is 5.10 Å². The van der Waals surface area contributed by atoms with E-state index in [0.717, 1.165) is 15.6 Å². The van der Waals surface area contributed by atoms with Gasteiger partial charge in [-0.05, 0) is 42.3 Å². The predicted octanol–water partition coefficient (Wildman–Crippen LogP) is 4.00. The number of amides is 2. The lowest BCUT2D eigenvalue weighted by atomic mass is 10.1. The van der Waals surface area contributed by atoms with E-state index in [1.54, 1.807) is 29.0 Å². The number of carbonyl (C=O) groups excluding carboxylic acids is 2. The van der Waals surface area contributed by atoms with E-state index in [1.807, 2.05) is 49.4 Å². The molecule has 1 N–H and O–H groups in total. The molecular weight excluding hydrogens is 460 g/mol. The van der Waals surface area contributed by atoms with Gasteiger partial charge in [0.2, 0.25) is 11.8 Å². The Morgan fingerprint density at radius 3 is 2.74 bits per heavy atom. The molecule has 1 fully saturated rings. The van der Waals surface area contributed by atoms with Crippen LogP contribution in [0.25, 0.3) is 0 Å². The van der Waals surface area contributed by atoms with Gasteiger partial charge in [0, 0.05) is 23.5 Å². The minimum atomic E-state index is -0.450. The molecule has 1 aromatic heterocycles. The molecule has 2 amide bonds. The number of ether oxygens (including phenoxy) is 1. The highest BCUT2D eigenvalue weighted by atomic mass is 79.9. The van der Waals surface area contributed by atoms with Gasteiger partial charge in [0.25, 0.3) is 0 Å². The van der Waals surface area contributed by atoms with Gasteiger partial charge in [0.05, 0.1) is 31.5 Å². The van der Waals surface area contributed by atoms with E-state index < -0.39 is 5.92 Å². The third-order valence-electron chi connectivity index (χ3n) is 5.33. The van der Waals surface area contributed by atoms with Crippen LogP contribution in [0, 0.1) is 12.8 Å². The lowest BCUT2D eigenvalue weighted by Crippen LogP contribution is -2.29. The predicted molar refractivity (Wildman–Crippen MR) is 122 cm³/mol. The maximum atomic E-state index is 12.9. The van der Waals surface area contributed by atoms with Crippen LogP contribution in [0.2, 0.25) is 0 Å². The smallest absolute Gasteiger partial charge is 0.230 e. The van der Waals surface area contributed by atoms with Crippen molar-refractivity contribution >= 4 is 39.2 Å². The molecule has 0 spiro atoms. The van der Waals surface area contributed by atoms with Crippen LogP contribution in [0.3, 0.4) is 0 Å². The monoisotopic (exact) mass is 482 g/mol. The van der Waals surface area contributed by atoms with Crippen molar-refractivity contribution < 1.29 is 14.3 Å². The SMILES string of the molecule is COc1ccc(C)cc1N1CC(C(=O)Nc2ccnn2Cc2ccc(Br)cc2)CC1=O. The van der Waals surface area contributed by atoms with Crippen molar-refractivity contribution in [2.24, 2.45) is 5.92 Å². The van der Waals surface area contributed by atoms with Crippen molar-refractivity contribution in [2.75, 3.05) is 23.9 Å². The number of nitrogens with one attached hydrogen (secondary N) is 1. The van der Waals surface area contributed by atoms with Gasteiger partial charge in [0.1, 0.15) is 11.6 Å². The van der Waals surface area contributed by atoms with Crippen molar-refractivity contribution in [1.82, 2.24) is 9.78 Å². The number of hydrogen-bond acceptors (Lipinski definition) is 4. The van der Waals surface area contributed by atoms with Crippen LogP contribution in [0.4, 0.5) is 11.5 Å². The Morgan fingerprint density at radius 2 is 2.00 bits per heavy atom. The molecular formula is C23H23BrN4O3. The Balaban J connectivity index is 1.46. The molecule has 1 unspecified atom stereocenters. The van der Waals surface area contributed by atoms with Crippen molar-refractivity contribution in [2.45, 2.75) is 19.9 Å².